The van der Waals surface area contributed by atoms with E-state index in [1.807, 2.05) is 11.8 Å². The van der Waals surface area contributed by atoms with E-state index in [1.54, 1.807) is 0 Å². The molecule has 1 aliphatic heterocycles. The highest BCUT2D eigenvalue weighted by Crippen LogP contribution is 2.28. The number of piperidine rings is 1. The largest absolute Gasteiger partial charge is 0.314 e. The molecule has 1 fully saturated rings. The molecule has 0 aromatic carbocycles. The number of hydrogen-bond acceptors (Lipinski definition) is 3. The summed E-state index contributed by atoms with van der Waals surface area (Å²) in [5.74, 6) is 1.27. The maximum atomic E-state index is 3.72. The Hall–Kier alpha value is 0.270. The number of thioether (sulfide) groups is 1. The molecule has 0 saturated carbocycles. The van der Waals surface area contributed by atoms with E-state index in [1.165, 1.54) is 25.0 Å². The lowest BCUT2D eigenvalue weighted by Crippen LogP contribution is -2.61. The zero-order valence-corrected chi connectivity index (χ0v) is 12.3. The van der Waals surface area contributed by atoms with Gasteiger partial charge < -0.3 is 10.6 Å². The van der Waals surface area contributed by atoms with Gasteiger partial charge >= 0.3 is 0 Å². The first-order chi connectivity index (χ1) is 7.35. The molecule has 1 saturated heterocycles. The highest BCUT2D eigenvalue weighted by Gasteiger charge is 2.37. The van der Waals surface area contributed by atoms with Gasteiger partial charge in [-0.3, -0.25) is 0 Å². The molecule has 0 atom stereocenters. The van der Waals surface area contributed by atoms with Crippen molar-refractivity contribution in [3.05, 3.63) is 0 Å². The predicted octanol–water partition coefficient (Wildman–Crippen LogP) is 2.64. The van der Waals surface area contributed by atoms with Crippen molar-refractivity contribution in [2.75, 3.05) is 18.6 Å². The molecule has 0 spiro atoms. The first-order valence-corrected chi connectivity index (χ1v) is 7.76. The third-order valence-corrected chi connectivity index (χ3v) is 3.85. The van der Waals surface area contributed by atoms with Crippen molar-refractivity contribution in [1.82, 2.24) is 10.6 Å². The fourth-order valence-corrected chi connectivity index (χ4v) is 3.42. The normalized spacial score (nSPS) is 24.6. The minimum Gasteiger partial charge on any atom is -0.314 e. The Morgan fingerprint density at radius 1 is 1.19 bits per heavy atom. The van der Waals surface area contributed by atoms with Gasteiger partial charge in [0.2, 0.25) is 0 Å². The molecule has 0 radical (unpaired) electrons. The Balaban J connectivity index is 2.36. The van der Waals surface area contributed by atoms with Gasteiger partial charge in [0.1, 0.15) is 0 Å². The molecule has 1 aliphatic rings. The van der Waals surface area contributed by atoms with Crippen molar-refractivity contribution in [3.8, 4) is 0 Å². The summed E-state index contributed by atoms with van der Waals surface area (Å²) in [7, 11) is 0. The van der Waals surface area contributed by atoms with E-state index in [0.717, 1.165) is 6.54 Å². The summed E-state index contributed by atoms with van der Waals surface area (Å²) >= 11 is 1.94. The van der Waals surface area contributed by atoms with Crippen LogP contribution in [0.4, 0.5) is 0 Å². The average Bonchev–Trinajstić information content (AvgIpc) is 2.07. The summed E-state index contributed by atoms with van der Waals surface area (Å²) in [6.07, 6.45) is 5.92. The van der Waals surface area contributed by atoms with Crippen molar-refractivity contribution < 1.29 is 0 Å². The quantitative estimate of drug-likeness (QED) is 0.727. The van der Waals surface area contributed by atoms with E-state index >= 15 is 0 Å². The highest BCUT2D eigenvalue weighted by atomic mass is 32.2. The van der Waals surface area contributed by atoms with Crippen molar-refractivity contribution in [3.63, 3.8) is 0 Å². The van der Waals surface area contributed by atoms with Crippen molar-refractivity contribution >= 4 is 11.8 Å². The van der Waals surface area contributed by atoms with Gasteiger partial charge in [0.25, 0.3) is 0 Å². The van der Waals surface area contributed by atoms with E-state index < -0.39 is 0 Å². The Bertz CT molecular complexity index is 198. The minimum absolute atomic E-state index is 0.263. The van der Waals surface area contributed by atoms with Crippen LogP contribution in [0.15, 0.2) is 0 Å². The number of rotatable bonds is 5. The Kier molecular flexibility index (Phi) is 5.14. The molecular weight excluding hydrogens is 216 g/mol. The zero-order valence-electron chi connectivity index (χ0n) is 11.5. The molecule has 2 nitrogen and oxygen atoms in total. The zero-order chi connectivity index (χ0) is 12.2. The Labute approximate surface area is 105 Å². The van der Waals surface area contributed by atoms with Gasteiger partial charge in [-0.05, 0) is 65.5 Å². The third kappa shape index (κ3) is 5.07. The molecule has 0 unspecified atom stereocenters. The minimum atomic E-state index is 0.263. The molecule has 16 heavy (non-hydrogen) atoms. The average molecular weight is 244 g/mol. The van der Waals surface area contributed by atoms with Crippen LogP contribution in [0.2, 0.25) is 0 Å². The molecule has 0 aliphatic carbocycles. The van der Waals surface area contributed by atoms with Crippen LogP contribution in [-0.4, -0.2) is 35.7 Å². The standard InChI is InChI=1S/C13H28N2S/c1-12(2)9-11(10-13(3,4)15-12)14-7-6-8-16-5/h11,14-15H,6-10H2,1-5H3. The summed E-state index contributed by atoms with van der Waals surface area (Å²) in [5, 5.41) is 7.43. The van der Waals surface area contributed by atoms with Crippen LogP contribution in [-0.2, 0) is 0 Å². The van der Waals surface area contributed by atoms with Crippen molar-refractivity contribution in [2.45, 2.75) is 64.1 Å². The second-order valence-corrected chi connectivity index (χ2v) is 7.28. The first-order valence-electron chi connectivity index (χ1n) is 6.36. The fourth-order valence-electron chi connectivity index (χ4n) is 2.99. The summed E-state index contributed by atoms with van der Waals surface area (Å²) in [6.45, 7) is 10.4. The molecule has 0 bridgehead atoms. The van der Waals surface area contributed by atoms with Gasteiger partial charge in [0.05, 0.1) is 0 Å². The van der Waals surface area contributed by atoms with Crippen LogP contribution >= 0.6 is 11.8 Å². The molecule has 96 valence electrons. The van der Waals surface area contributed by atoms with Gasteiger partial charge in [0.15, 0.2) is 0 Å². The van der Waals surface area contributed by atoms with Gasteiger partial charge in [-0.25, -0.2) is 0 Å². The van der Waals surface area contributed by atoms with Crippen LogP contribution in [0.5, 0.6) is 0 Å². The second-order valence-electron chi connectivity index (χ2n) is 6.30. The monoisotopic (exact) mass is 244 g/mol. The summed E-state index contributed by atoms with van der Waals surface area (Å²) in [5.41, 5.74) is 0.526. The molecular formula is C13H28N2S. The summed E-state index contributed by atoms with van der Waals surface area (Å²) in [6, 6.07) is 0.674. The SMILES string of the molecule is CSCCCNC1CC(C)(C)NC(C)(C)C1. The van der Waals surface area contributed by atoms with Gasteiger partial charge in [-0.2, -0.15) is 11.8 Å². The maximum absolute atomic E-state index is 3.72. The predicted molar refractivity (Wildman–Crippen MR) is 75.3 cm³/mol. The fraction of sp³-hybridized carbons (Fsp3) is 1.00. The lowest BCUT2D eigenvalue weighted by Gasteiger charge is -2.46. The lowest BCUT2D eigenvalue weighted by molar-refractivity contribution is 0.146. The third-order valence-electron chi connectivity index (χ3n) is 3.15. The van der Waals surface area contributed by atoms with Crippen LogP contribution in [0.3, 0.4) is 0 Å². The van der Waals surface area contributed by atoms with E-state index in [-0.39, 0.29) is 11.1 Å². The van der Waals surface area contributed by atoms with Crippen LogP contribution in [0.25, 0.3) is 0 Å². The van der Waals surface area contributed by atoms with E-state index in [9.17, 15) is 0 Å². The van der Waals surface area contributed by atoms with E-state index in [0.29, 0.717) is 6.04 Å². The molecule has 1 rings (SSSR count). The Morgan fingerprint density at radius 3 is 2.25 bits per heavy atom. The van der Waals surface area contributed by atoms with Crippen LogP contribution in [0, 0.1) is 0 Å². The van der Waals surface area contributed by atoms with Crippen LogP contribution < -0.4 is 10.6 Å². The molecule has 1 heterocycles. The van der Waals surface area contributed by atoms with Crippen molar-refractivity contribution in [1.29, 1.82) is 0 Å². The van der Waals surface area contributed by atoms with Crippen LogP contribution in [0.1, 0.15) is 47.0 Å². The maximum Gasteiger partial charge on any atom is 0.0144 e. The number of hydrogen-bond donors (Lipinski definition) is 2. The van der Waals surface area contributed by atoms with E-state index in [2.05, 4.69) is 44.6 Å². The second kappa shape index (κ2) is 5.74. The van der Waals surface area contributed by atoms with Crippen molar-refractivity contribution in [2.24, 2.45) is 0 Å². The lowest BCUT2D eigenvalue weighted by atomic mass is 9.79. The molecule has 0 aromatic heterocycles. The first kappa shape index (κ1) is 14.3. The Morgan fingerprint density at radius 2 is 1.75 bits per heavy atom. The van der Waals surface area contributed by atoms with Gasteiger partial charge in [0, 0.05) is 17.1 Å². The smallest absolute Gasteiger partial charge is 0.0144 e. The number of nitrogens with one attached hydrogen (secondary N) is 2. The van der Waals surface area contributed by atoms with Gasteiger partial charge in [-0.1, -0.05) is 0 Å². The highest BCUT2D eigenvalue weighted by molar-refractivity contribution is 7.98. The van der Waals surface area contributed by atoms with E-state index in [4.69, 9.17) is 0 Å². The molecule has 2 N–H and O–H groups in total. The van der Waals surface area contributed by atoms with Gasteiger partial charge in [-0.15, -0.1) is 0 Å². The molecule has 0 amide bonds. The topological polar surface area (TPSA) is 24.1 Å². The molecule has 3 heteroatoms. The molecule has 0 aromatic rings. The summed E-state index contributed by atoms with van der Waals surface area (Å²) in [4.78, 5) is 0. The summed E-state index contributed by atoms with van der Waals surface area (Å²) < 4.78 is 0.